The third-order valence-electron chi connectivity index (χ3n) is 3.26. The highest BCUT2D eigenvalue weighted by atomic mass is 15.1. The van der Waals surface area contributed by atoms with Crippen LogP contribution in [-0.4, -0.2) is 22.6 Å². The average Bonchev–Trinajstić information content (AvgIpc) is 3.02. The number of nitrogens with zero attached hydrogens (tertiary/aromatic N) is 2. The molecular formula is C14H24N4. The van der Waals surface area contributed by atoms with E-state index in [0.29, 0.717) is 12.0 Å². The Balaban J connectivity index is 2.13. The molecule has 18 heavy (non-hydrogen) atoms. The molecular weight excluding hydrogens is 224 g/mol. The van der Waals surface area contributed by atoms with Crippen LogP contribution in [0, 0.1) is 5.92 Å². The van der Waals surface area contributed by atoms with E-state index in [2.05, 4.69) is 48.3 Å². The molecule has 2 unspecified atom stereocenters. The van der Waals surface area contributed by atoms with Crippen LogP contribution in [0.2, 0.25) is 0 Å². The lowest BCUT2D eigenvalue weighted by Gasteiger charge is -2.12. The summed E-state index contributed by atoms with van der Waals surface area (Å²) in [6, 6.07) is 2.62. The Morgan fingerprint density at radius 3 is 2.56 bits per heavy atom. The van der Waals surface area contributed by atoms with Gasteiger partial charge >= 0.3 is 0 Å². The number of aromatic nitrogens is 2. The molecule has 2 rings (SSSR count). The van der Waals surface area contributed by atoms with Crippen molar-refractivity contribution >= 4 is 11.6 Å². The summed E-state index contributed by atoms with van der Waals surface area (Å²) in [6.07, 6.45) is 2.35. The van der Waals surface area contributed by atoms with Gasteiger partial charge in [-0.3, -0.25) is 0 Å². The maximum Gasteiger partial charge on any atom is 0.135 e. The van der Waals surface area contributed by atoms with Crippen molar-refractivity contribution < 1.29 is 0 Å². The minimum Gasteiger partial charge on any atom is -0.370 e. The third kappa shape index (κ3) is 3.34. The summed E-state index contributed by atoms with van der Waals surface area (Å²) in [7, 11) is 0. The number of hydrogen-bond donors (Lipinski definition) is 2. The Kier molecular flexibility index (Phi) is 4.04. The van der Waals surface area contributed by atoms with Crippen LogP contribution in [0.4, 0.5) is 11.6 Å². The predicted octanol–water partition coefficient (Wildman–Crippen LogP) is 3.24. The van der Waals surface area contributed by atoms with Gasteiger partial charge in [0.05, 0.1) is 0 Å². The standard InChI is InChI=1S/C14H24N4/c1-5-6-15-12-8-13(16-11-7-10(11)4)18-14(17-12)9(2)3/h8-11H,5-7H2,1-4H3,(H2,15,16,17,18). The van der Waals surface area contributed by atoms with Crippen LogP contribution in [0.3, 0.4) is 0 Å². The van der Waals surface area contributed by atoms with E-state index in [9.17, 15) is 0 Å². The average molecular weight is 248 g/mol. The van der Waals surface area contributed by atoms with Gasteiger partial charge in [0.2, 0.25) is 0 Å². The molecule has 0 radical (unpaired) electrons. The van der Waals surface area contributed by atoms with Crippen molar-refractivity contribution in [3.05, 3.63) is 11.9 Å². The highest BCUT2D eigenvalue weighted by Crippen LogP contribution is 2.32. The Morgan fingerprint density at radius 2 is 2.00 bits per heavy atom. The quantitative estimate of drug-likeness (QED) is 0.811. The zero-order chi connectivity index (χ0) is 13.1. The SMILES string of the molecule is CCCNc1cc(NC2CC2C)nc(C(C)C)n1. The van der Waals surface area contributed by atoms with Gasteiger partial charge in [-0.05, 0) is 18.8 Å². The minimum atomic E-state index is 0.352. The molecule has 2 atom stereocenters. The Hall–Kier alpha value is -1.32. The molecule has 4 heteroatoms. The first kappa shape index (κ1) is 13.1. The predicted molar refractivity (Wildman–Crippen MR) is 76.1 cm³/mol. The molecule has 1 saturated carbocycles. The molecule has 1 heterocycles. The molecule has 0 bridgehead atoms. The van der Waals surface area contributed by atoms with E-state index >= 15 is 0 Å². The molecule has 100 valence electrons. The zero-order valence-corrected chi connectivity index (χ0v) is 11.8. The minimum absolute atomic E-state index is 0.352. The summed E-state index contributed by atoms with van der Waals surface area (Å²) in [5, 5.41) is 6.83. The summed E-state index contributed by atoms with van der Waals surface area (Å²) in [5.41, 5.74) is 0. The summed E-state index contributed by atoms with van der Waals surface area (Å²) < 4.78 is 0. The molecule has 1 aliphatic rings. The molecule has 0 aliphatic heterocycles. The van der Waals surface area contributed by atoms with E-state index in [4.69, 9.17) is 0 Å². The van der Waals surface area contributed by atoms with Crippen LogP contribution < -0.4 is 10.6 Å². The van der Waals surface area contributed by atoms with Crippen LogP contribution in [0.5, 0.6) is 0 Å². The number of rotatable bonds is 6. The van der Waals surface area contributed by atoms with Crippen molar-refractivity contribution in [1.82, 2.24) is 9.97 Å². The van der Waals surface area contributed by atoms with E-state index < -0.39 is 0 Å². The van der Waals surface area contributed by atoms with Gasteiger partial charge in [-0.25, -0.2) is 9.97 Å². The fraction of sp³-hybridized carbons (Fsp3) is 0.714. The van der Waals surface area contributed by atoms with Crippen molar-refractivity contribution in [3.63, 3.8) is 0 Å². The number of anilines is 2. The second-order valence-electron chi connectivity index (χ2n) is 5.54. The fourth-order valence-corrected chi connectivity index (χ4v) is 1.85. The van der Waals surface area contributed by atoms with Crippen LogP contribution in [0.1, 0.15) is 52.3 Å². The van der Waals surface area contributed by atoms with E-state index in [1.165, 1.54) is 6.42 Å². The fourth-order valence-electron chi connectivity index (χ4n) is 1.85. The molecule has 0 aromatic carbocycles. The van der Waals surface area contributed by atoms with Crippen LogP contribution >= 0.6 is 0 Å². The monoisotopic (exact) mass is 248 g/mol. The van der Waals surface area contributed by atoms with Crippen LogP contribution in [0.25, 0.3) is 0 Å². The molecule has 2 N–H and O–H groups in total. The zero-order valence-electron chi connectivity index (χ0n) is 11.8. The number of hydrogen-bond acceptors (Lipinski definition) is 4. The Labute approximate surface area is 110 Å². The van der Waals surface area contributed by atoms with E-state index in [1.54, 1.807) is 0 Å². The van der Waals surface area contributed by atoms with Gasteiger partial charge in [-0.1, -0.05) is 27.7 Å². The van der Waals surface area contributed by atoms with Crippen LogP contribution in [0.15, 0.2) is 6.07 Å². The van der Waals surface area contributed by atoms with Gasteiger partial charge in [0, 0.05) is 24.6 Å². The van der Waals surface area contributed by atoms with Gasteiger partial charge in [0.25, 0.3) is 0 Å². The maximum absolute atomic E-state index is 4.59. The first-order chi connectivity index (χ1) is 8.60. The van der Waals surface area contributed by atoms with Gasteiger partial charge in [-0.2, -0.15) is 0 Å². The highest BCUT2D eigenvalue weighted by molar-refractivity contribution is 5.49. The van der Waals surface area contributed by atoms with Gasteiger partial charge in [0.15, 0.2) is 0 Å². The lowest BCUT2D eigenvalue weighted by atomic mass is 10.2. The molecule has 1 aromatic rings. The summed E-state index contributed by atoms with van der Waals surface area (Å²) in [4.78, 5) is 9.15. The lowest BCUT2D eigenvalue weighted by Crippen LogP contribution is -2.11. The second-order valence-corrected chi connectivity index (χ2v) is 5.54. The third-order valence-corrected chi connectivity index (χ3v) is 3.26. The maximum atomic E-state index is 4.59. The first-order valence-corrected chi connectivity index (χ1v) is 6.99. The highest BCUT2D eigenvalue weighted by Gasteiger charge is 2.32. The molecule has 4 nitrogen and oxygen atoms in total. The molecule has 1 aromatic heterocycles. The molecule has 1 fully saturated rings. The summed E-state index contributed by atoms with van der Waals surface area (Å²) in [6.45, 7) is 9.62. The molecule has 0 spiro atoms. The van der Waals surface area contributed by atoms with Crippen molar-refractivity contribution in [1.29, 1.82) is 0 Å². The smallest absolute Gasteiger partial charge is 0.135 e. The normalized spacial score (nSPS) is 22.1. The lowest BCUT2D eigenvalue weighted by molar-refractivity contribution is 0.772. The van der Waals surface area contributed by atoms with Crippen LogP contribution in [-0.2, 0) is 0 Å². The van der Waals surface area contributed by atoms with E-state index in [-0.39, 0.29) is 0 Å². The van der Waals surface area contributed by atoms with Crippen molar-refractivity contribution in [2.24, 2.45) is 5.92 Å². The largest absolute Gasteiger partial charge is 0.370 e. The van der Waals surface area contributed by atoms with Gasteiger partial charge < -0.3 is 10.6 Å². The molecule has 0 amide bonds. The molecule has 0 saturated heterocycles. The summed E-state index contributed by atoms with van der Waals surface area (Å²) in [5.74, 6) is 3.93. The number of nitrogens with one attached hydrogen (secondary N) is 2. The van der Waals surface area contributed by atoms with Crippen molar-refractivity contribution in [3.8, 4) is 0 Å². The van der Waals surface area contributed by atoms with E-state index in [1.807, 2.05) is 6.07 Å². The van der Waals surface area contributed by atoms with Crippen molar-refractivity contribution in [2.45, 2.75) is 52.5 Å². The Bertz CT molecular complexity index is 403. The molecule has 1 aliphatic carbocycles. The Morgan fingerprint density at radius 1 is 1.33 bits per heavy atom. The van der Waals surface area contributed by atoms with E-state index in [0.717, 1.165) is 36.3 Å². The van der Waals surface area contributed by atoms with Crippen molar-refractivity contribution in [2.75, 3.05) is 17.2 Å². The summed E-state index contributed by atoms with van der Waals surface area (Å²) >= 11 is 0. The van der Waals surface area contributed by atoms with Gasteiger partial charge in [0.1, 0.15) is 17.5 Å². The van der Waals surface area contributed by atoms with Gasteiger partial charge in [-0.15, -0.1) is 0 Å². The second kappa shape index (κ2) is 5.55. The topological polar surface area (TPSA) is 49.8 Å². The first-order valence-electron chi connectivity index (χ1n) is 6.99.